The van der Waals surface area contributed by atoms with Crippen molar-refractivity contribution in [3.05, 3.63) is 35.9 Å². The fourth-order valence-corrected chi connectivity index (χ4v) is 2.40. The van der Waals surface area contributed by atoms with E-state index in [2.05, 4.69) is 72.4 Å². The summed E-state index contributed by atoms with van der Waals surface area (Å²) in [5.74, 6) is 0. The summed E-state index contributed by atoms with van der Waals surface area (Å²) >= 11 is 0. The molecular formula is C12H21B2N3. The first-order valence-corrected chi connectivity index (χ1v) is 6.29. The normalized spacial score (nSPS) is 20.0. The Labute approximate surface area is 106 Å². The summed E-state index contributed by atoms with van der Waals surface area (Å²) in [6.07, 6.45) is 0. The fourth-order valence-electron chi connectivity index (χ4n) is 2.40. The summed E-state index contributed by atoms with van der Waals surface area (Å²) < 4.78 is 2.41. The molecule has 1 aromatic carbocycles. The molecule has 0 amide bonds. The minimum absolute atomic E-state index is 0.487. The third-order valence-electron chi connectivity index (χ3n) is 3.98. The minimum atomic E-state index is 0.487. The summed E-state index contributed by atoms with van der Waals surface area (Å²) in [5.41, 5.74) is 1.38. The van der Waals surface area contributed by atoms with Gasteiger partial charge in [-0.1, -0.05) is 44.0 Å². The molecule has 17 heavy (non-hydrogen) atoms. The Balaban J connectivity index is 2.06. The van der Waals surface area contributed by atoms with E-state index in [0.29, 0.717) is 14.0 Å². The highest BCUT2D eigenvalue weighted by Gasteiger charge is 2.36. The Morgan fingerprint density at radius 3 is 2.35 bits per heavy atom. The van der Waals surface area contributed by atoms with Crippen molar-refractivity contribution in [3.63, 3.8) is 0 Å². The number of nitrogens with zero attached hydrogens (tertiary/aromatic N) is 3. The molecule has 1 saturated heterocycles. The van der Waals surface area contributed by atoms with Gasteiger partial charge >= 0.3 is 0 Å². The van der Waals surface area contributed by atoms with Crippen LogP contribution in [-0.2, 0) is 6.54 Å². The van der Waals surface area contributed by atoms with Crippen LogP contribution in [0.2, 0.25) is 13.6 Å². The zero-order chi connectivity index (χ0) is 12.4. The van der Waals surface area contributed by atoms with Gasteiger partial charge in [0.05, 0.1) is 0 Å². The molecule has 0 unspecified atom stereocenters. The third-order valence-corrected chi connectivity index (χ3v) is 3.98. The predicted octanol–water partition coefficient (Wildman–Crippen LogP) is 1.56. The standard InChI is InChI=1S/C12H21B2N3/c1-13-15(3)11-17(14(2)16(13)4)10-12-8-6-5-7-9-12/h5-9H,10-11H2,1-4H3. The first-order valence-electron chi connectivity index (χ1n) is 6.29. The Kier molecular flexibility index (Phi) is 3.92. The van der Waals surface area contributed by atoms with Gasteiger partial charge in [-0.3, -0.25) is 0 Å². The summed E-state index contributed by atoms with van der Waals surface area (Å²) in [7, 11) is 4.38. The van der Waals surface area contributed by atoms with Crippen LogP contribution in [0.4, 0.5) is 0 Å². The van der Waals surface area contributed by atoms with Gasteiger partial charge in [-0.15, -0.1) is 0 Å². The van der Waals surface area contributed by atoms with Gasteiger partial charge in [0, 0.05) is 13.2 Å². The second-order valence-corrected chi connectivity index (χ2v) is 5.06. The van der Waals surface area contributed by atoms with E-state index in [1.807, 2.05) is 0 Å². The molecule has 0 N–H and O–H groups in total. The van der Waals surface area contributed by atoms with Crippen LogP contribution in [0.5, 0.6) is 0 Å². The van der Waals surface area contributed by atoms with E-state index >= 15 is 0 Å². The molecule has 2 rings (SSSR count). The Hall–Kier alpha value is -0.770. The predicted molar refractivity (Wildman–Crippen MR) is 75.6 cm³/mol. The van der Waals surface area contributed by atoms with Gasteiger partial charge in [-0.2, -0.15) is 0 Å². The van der Waals surface area contributed by atoms with Crippen molar-refractivity contribution in [2.24, 2.45) is 0 Å². The molecule has 1 fully saturated rings. The van der Waals surface area contributed by atoms with Crippen LogP contribution < -0.4 is 0 Å². The topological polar surface area (TPSA) is 9.72 Å². The van der Waals surface area contributed by atoms with Crippen molar-refractivity contribution >= 4 is 14.0 Å². The summed E-state index contributed by atoms with van der Waals surface area (Å²) in [6.45, 7) is 7.59. The fraction of sp³-hybridized carbons (Fsp3) is 0.500. The lowest BCUT2D eigenvalue weighted by molar-refractivity contribution is 0.266. The van der Waals surface area contributed by atoms with Gasteiger partial charge in [-0.05, 0) is 19.7 Å². The van der Waals surface area contributed by atoms with Crippen LogP contribution in [0.3, 0.4) is 0 Å². The van der Waals surface area contributed by atoms with Gasteiger partial charge in [-0.25, -0.2) is 0 Å². The first-order chi connectivity index (χ1) is 8.09. The van der Waals surface area contributed by atoms with Crippen molar-refractivity contribution in [3.8, 4) is 0 Å². The molecule has 0 spiro atoms. The van der Waals surface area contributed by atoms with Crippen LogP contribution in [-0.4, -0.2) is 49.1 Å². The van der Waals surface area contributed by atoms with Crippen molar-refractivity contribution in [1.82, 2.24) is 14.3 Å². The highest BCUT2D eigenvalue weighted by Crippen LogP contribution is 2.15. The minimum Gasteiger partial charge on any atom is -0.359 e. The van der Waals surface area contributed by atoms with Gasteiger partial charge in [0.15, 0.2) is 0 Å². The number of hydrogen-bond acceptors (Lipinski definition) is 3. The molecule has 0 radical (unpaired) electrons. The zero-order valence-corrected chi connectivity index (χ0v) is 11.3. The van der Waals surface area contributed by atoms with Gasteiger partial charge in [0.2, 0.25) is 0 Å². The highest BCUT2D eigenvalue weighted by molar-refractivity contribution is 6.69. The van der Waals surface area contributed by atoms with Gasteiger partial charge in [0.1, 0.15) is 0 Å². The third kappa shape index (κ3) is 2.73. The second kappa shape index (κ2) is 5.25. The van der Waals surface area contributed by atoms with E-state index < -0.39 is 0 Å². The molecular weight excluding hydrogens is 208 g/mol. The molecule has 1 aliphatic heterocycles. The lowest BCUT2D eigenvalue weighted by Crippen LogP contribution is -2.66. The maximum Gasteiger partial charge on any atom is 0.298 e. The SMILES string of the molecule is CB1N(C)CN(Cc2ccccc2)B(C)N1C. The lowest BCUT2D eigenvalue weighted by Gasteiger charge is -2.46. The van der Waals surface area contributed by atoms with E-state index in [0.717, 1.165) is 13.2 Å². The van der Waals surface area contributed by atoms with Gasteiger partial charge in [0.25, 0.3) is 14.0 Å². The van der Waals surface area contributed by atoms with E-state index in [-0.39, 0.29) is 0 Å². The van der Waals surface area contributed by atoms with Crippen molar-refractivity contribution < 1.29 is 0 Å². The Morgan fingerprint density at radius 1 is 1.06 bits per heavy atom. The molecule has 1 heterocycles. The molecule has 5 heteroatoms. The summed E-state index contributed by atoms with van der Waals surface area (Å²) in [5, 5.41) is 0. The monoisotopic (exact) mass is 229 g/mol. The van der Waals surface area contributed by atoms with E-state index in [1.165, 1.54) is 5.56 Å². The quantitative estimate of drug-likeness (QED) is 0.712. The van der Waals surface area contributed by atoms with Crippen LogP contribution in [0, 0.1) is 0 Å². The van der Waals surface area contributed by atoms with Gasteiger partial charge < -0.3 is 14.3 Å². The van der Waals surface area contributed by atoms with Crippen LogP contribution in [0.1, 0.15) is 5.56 Å². The summed E-state index contributed by atoms with van der Waals surface area (Å²) in [6, 6.07) is 10.7. The van der Waals surface area contributed by atoms with Crippen LogP contribution >= 0.6 is 0 Å². The molecule has 0 aliphatic carbocycles. The first kappa shape index (κ1) is 12.7. The Morgan fingerprint density at radius 2 is 1.71 bits per heavy atom. The number of rotatable bonds is 2. The number of hydrogen-bond donors (Lipinski definition) is 0. The molecule has 0 atom stereocenters. The molecule has 0 aromatic heterocycles. The van der Waals surface area contributed by atoms with E-state index in [4.69, 9.17) is 0 Å². The van der Waals surface area contributed by atoms with E-state index in [9.17, 15) is 0 Å². The highest BCUT2D eigenvalue weighted by atomic mass is 15.4. The molecule has 90 valence electrons. The largest absolute Gasteiger partial charge is 0.359 e. The van der Waals surface area contributed by atoms with Crippen LogP contribution in [0.15, 0.2) is 30.3 Å². The average Bonchev–Trinajstić information content (AvgIpc) is 2.35. The molecule has 0 saturated carbocycles. The second-order valence-electron chi connectivity index (χ2n) is 5.06. The molecule has 1 aliphatic rings. The number of benzene rings is 1. The maximum atomic E-state index is 2.50. The molecule has 1 aromatic rings. The van der Waals surface area contributed by atoms with Crippen LogP contribution in [0.25, 0.3) is 0 Å². The van der Waals surface area contributed by atoms with E-state index in [1.54, 1.807) is 0 Å². The summed E-state index contributed by atoms with van der Waals surface area (Å²) in [4.78, 5) is 4.87. The Bertz CT molecular complexity index is 360. The lowest BCUT2D eigenvalue weighted by atomic mass is 9.58. The smallest absolute Gasteiger partial charge is 0.298 e. The van der Waals surface area contributed by atoms with Crippen molar-refractivity contribution in [1.29, 1.82) is 0 Å². The molecule has 3 nitrogen and oxygen atoms in total. The van der Waals surface area contributed by atoms with Crippen molar-refractivity contribution in [2.45, 2.75) is 20.2 Å². The zero-order valence-electron chi connectivity index (χ0n) is 11.3. The van der Waals surface area contributed by atoms with Crippen molar-refractivity contribution in [2.75, 3.05) is 20.8 Å². The maximum absolute atomic E-state index is 2.50. The molecule has 0 bridgehead atoms. The average molecular weight is 229 g/mol.